The lowest BCUT2D eigenvalue weighted by Crippen LogP contribution is -2.34. The molecule has 0 amide bonds. The molecule has 34 heavy (non-hydrogen) atoms. The summed E-state index contributed by atoms with van der Waals surface area (Å²) in [5.41, 5.74) is 11.0. The van der Waals surface area contributed by atoms with Gasteiger partial charge >= 0.3 is 0 Å². The normalized spacial score (nSPS) is 17.5. The molecule has 1 fully saturated rings. The van der Waals surface area contributed by atoms with Crippen LogP contribution in [0.25, 0.3) is 33.3 Å². The number of hydrogen-bond acceptors (Lipinski definition) is 6. The number of hydrogen-bond donors (Lipinski definition) is 5. The number of aromatic amines is 2. The summed E-state index contributed by atoms with van der Waals surface area (Å²) in [6.07, 6.45) is 0.897. The molecule has 2 aromatic carbocycles. The second kappa shape index (κ2) is 9.58. The van der Waals surface area contributed by atoms with Gasteiger partial charge < -0.3 is 31.1 Å². The Bertz CT molecular complexity index is 1350. The Kier molecular flexibility index (Phi) is 6.36. The molecule has 2 aromatic heterocycles. The third-order valence-electron chi connectivity index (χ3n) is 6.31. The Morgan fingerprint density at radius 3 is 2.76 bits per heavy atom. The van der Waals surface area contributed by atoms with E-state index in [0.29, 0.717) is 37.1 Å². The lowest BCUT2D eigenvalue weighted by Gasteiger charge is -2.24. The van der Waals surface area contributed by atoms with Crippen molar-refractivity contribution >= 4 is 27.6 Å². The second-order valence-electron chi connectivity index (χ2n) is 9.43. The van der Waals surface area contributed by atoms with Crippen LogP contribution in [0.5, 0.6) is 0 Å². The number of anilines is 1. The predicted molar refractivity (Wildman–Crippen MR) is 137 cm³/mol. The molecule has 8 heteroatoms. The van der Waals surface area contributed by atoms with E-state index in [1.165, 1.54) is 0 Å². The minimum atomic E-state index is -0.196. The monoisotopic (exact) mass is 460 g/mol. The molecule has 5 rings (SSSR count). The molecule has 1 unspecified atom stereocenters. The van der Waals surface area contributed by atoms with Gasteiger partial charge in [0.15, 0.2) is 0 Å². The maximum absolute atomic E-state index is 13.3. The Balaban J connectivity index is 1.61. The van der Waals surface area contributed by atoms with Crippen molar-refractivity contribution in [3.05, 3.63) is 58.4 Å². The minimum absolute atomic E-state index is 0.0226. The first-order chi connectivity index (χ1) is 16.5. The van der Waals surface area contributed by atoms with Crippen molar-refractivity contribution in [2.45, 2.75) is 32.4 Å². The van der Waals surface area contributed by atoms with E-state index in [2.05, 4.69) is 40.5 Å². The van der Waals surface area contributed by atoms with Crippen LogP contribution in [0.2, 0.25) is 0 Å². The van der Waals surface area contributed by atoms with Crippen molar-refractivity contribution in [3.8, 4) is 11.4 Å². The van der Waals surface area contributed by atoms with Crippen molar-refractivity contribution in [3.63, 3.8) is 0 Å². The van der Waals surface area contributed by atoms with Crippen LogP contribution < -0.4 is 21.9 Å². The first-order valence-corrected chi connectivity index (χ1v) is 12.0. The quantitative estimate of drug-likeness (QED) is 0.288. The molecular weight excluding hydrogens is 428 g/mol. The molecule has 0 spiro atoms. The largest absolute Gasteiger partial charge is 0.382 e. The van der Waals surface area contributed by atoms with Crippen LogP contribution in [-0.4, -0.2) is 47.3 Å². The summed E-state index contributed by atoms with van der Waals surface area (Å²) in [5, 5.41) is 7.91. The predicted octanol–water partition coefficient (Wildman–Crippen LogP) is 3.52. The summed E-state index contributed by atoms with van der Waals surface area (Å²) in [4.78, 5) is 24.6. The molecule has 0 aliphatic carbocycles. The highest BCUT2D eigenvalue weighted by molar-refractivity contribution is 5.99. The summed E-state index contributed by atoms with van der Waals surface area (Å²) in [6, 6.07) is 13.9. The number of imidazole rings is 1. The van der Waals surface area contributed by atoms with Crippen molar-refractivity contribution in [1.29, 1.82) is 0 Å². The number of ether oxygens (including phenoxy) is 1. The number of pyridine rings is 1. The molecule has 1 aliphatic heterocycles. The highest BCUT2D eigenvalue weighted by Gasteiger charge is 2.22. The number of morpholine rings is 1. The van der Waals surface area contributed by atoms with Crippen LogP contribution in [0.3, 0.4) is 0 Å². The zero-order valence-electron chi connectivity index (χ0n) is 19.7. The van der Waals surface area contributed by atoms with E-state index < -0.39 is 0 Å². The van der Waals surface area contributed by atoms with E-state index in [1.54, 1.807) is 0 Å². The van der Waals surface area contributed by atoms with Crippen molar-refractivity contribution in [2.75, 3.05) is 31.6 Å². The van der Waals surface area contributed by atoms with E-state index in [4.69, 9.17) is 15.5 Å². The van der Waals surface area contributed by atoms with Crippen LogP contribution in [0.1, 0.15) is 31.9 Å². The van der Waals surface area contributed by atoms with Gasteiger partial charge in [-0.25, -0.2) is 4.98 Å². The zero-order chi connectivity index (χ0) is 23.7. The molecule has 1 saturated heterocycles. The van der Waals surface area contributed by atoms with E-state index >= 15 is 0 Å². The van der Waals surface area contributed by atoms with Crippen LogP contribution in [-0.2, 0) is 4.74 Å². The van der Waals surface area contributed by atoms with Gasteiger partial charge in [-0.05, 0) is 30.0 Å². The summed E-state index contributed by atoms with van der Waals surface area (Å²) in [7, 11) is 0. The lowest BCUT2D eigenvalue weighted by atomic mass is 10.0. The van der Waals surface area contributed by atoms with Crippen LogP contribution in [0.15, 0.2) is 47.3 Å². The number of fused-ring (bicyclic) bond motifs is 2. The van der Waals surface area contributed by atoms with E-state index in [1.807, 2.05) is 36.4 Å². The van der Waals surface area contributed by atoms with Gasteiger partial charge in [-0.2, -0.15) is 0 Å². The first-order valence-electron chi connectivity index (χ1n) is 12.0. The average Bonchev–Trinajstić information content (AvgIpc) is 3.26. The molecule has 2 atom stereocenters. The molecule has 3 heterocycles. The van der Waals surface area contributed by atoms with Crippen LogP contribution >= 0.6 is 0 Å². The SMILES string of the molecule is CC(C)C[C@H](N)CNc1c(-c2nc3c(C4COCCN4)cccc3[nH]2)c(=O)[nH]c2ccccc12. The molecule has 0 radical (unpaired) electrons. The number of nitrogens with one attached hydrogen (secondary N) is 4. The van der Waals surface area contributed by atoms with E-state index in [-0.39, 0.29) is 17.6 Å². The molecule has 4 aromatic rings. The molecule has 1 aliphatic rings. The molecule has 178 valence electrons. The molecular formula is C26H32N6O2. The Labute approximate surface area is 198 Å². The number of nitrogens with zero attached hydrogens (tertiary/aromatic N) is 1. The lowest BCUT2D eigenvalue weighted by molar-refractivity contribution is 0.0772. The fourth-order valence-corrected chi connectivity index (χ4v) is 4.79. The molecule has 6 N–H and O–H groups in total. The van der Waals surface area contributed by atoms with Gasteiger partial charge in [-0.15, -0.1) is 0 Å². The first kappa shape index (κ1) is 22.6. The fraction of sp³-hybridized carbons (Fsp3) is 0.385. The molecule has 0 saturated carbocycles. The van der Waals surface area contributed by atoms with Gasteiger partial charge in [0.05, 0.1) is 41.5 Å². The third kappa shape index (κ3) is 4.44. The molecule has 8 nitrogen and oxygen atoms in total. The van der Waals surface area contributed by atoms with Gasteiger partial charge in [-0.1, -0.05) is 44.2 Å². The Morgan fingerprint density at radius 2 is 1.97 bits per heavy atom. The van der Waals surface area contributed by atoms with Gasteiger partial charge in [0.2, 0.25) is 0 Å². The average molecular weight is 461 g/mol. The Morgan fingerprint density at radius 1 is 1.15 bits per heavy atom. The van der Waals surface area contributed by atoms with Crippen LogP contribution in [0, 0.1) is 5.92 Å². The highest BCUT2D eigenvalue weighted by atomic mass is 16.5. The van der Waals surface area contributed by atoms with Crippen molar-refractivity contribution in [2.24, 2.45) is 11.7 Å². The topological polar surface area (TPSA) is 121 Å². The van der Waals surface area contributed by atoms with Gasteiger partial charge in [0, 0.05) is 24.5 Å². The van der Waals surface area contributed by atoms with Crippen LogP contribution in [0.4, 0.5) is 5.69 Å². The number of nitrogens with two attached hydrogens (primary N) is 1. The van der Waals surface area contributed by atoms with Crippen molar-refractivity contribution < 1.29 is 4.74 Å². The Hall–Kier alpha value is -3.20. The number of H-pyrrole nitrogens is 2. The van der Waals surface area contributed by atoms with E-state index in [9.17, 15) is 4.79 Å². The standard InChI is InChI=1S/C26H32N6O2/c1-15(2)12-16(27)13-29-24-17-6-3-4-8-19(17)31-26(33)22(24)25-30-20-9-5-7-18(23(20)32-25)21-14-34-11-10-28-21/h3-9,15-16,21,28H,10-14,27H2,1-2H3,(H,30,32)(H2,29,31,33)/t16-,21?/m0/s1. The summed E-state index contributed by atoms with van der Waals surface area (Å²) in [6.45, 7) is 6.98. The maximum atomic E-state index is 13.3. The summed E-state index contributed by atoms with van der Waals surface area (Å²) in [5.74, 6) is 1.03. The number of benzene rings is 2. The van der Waals surface area contributed by atoms with Crippen molar-refractivity contribution in [1.82, 2.24) is 20.3 Å². The van der Waals surface area contributed by atoms with Gasteiger partial charge in [0.1, 0.15) is 11.4 Å². The minimum Gasteiger partial charge on any atom is -0.382 e. The number of para-hydroxylation sites is 2. The van der Waals surface area contributed by atoms with E-state index in [0.717, 1.165) is 46.2 Å². The number of aromatic nitrogens is 3. The van der Waals surface area contributed by atoms with Gasteiger partial charge in [0.25, 0.3) is 5.56 Å². The van der Waals surface area contributed by atoms with Gasteiger partial charge in [-0.3, -0.25) is 4.79 Å². The zero-order valence-corrected chi connectivity index (χ0v) is 19.7. The second-order valence-corrected chi connectivity index (χ2v) is 9.43. The fourth-order valence-electron chi connectivity index (χ4n) is 4.79. The summed E-state index contributed by atoms with van der Waals surface area (Å²) >= 11 is 0. The maximum Gasteiger partial charge on any atom is 0.261 e. The number of rotatable bonds is 7. The third-order valence-corrected chi connectivity index (χ3v) is 6.31. The smallest absolute Gasteiger partial charge is 0.261 e. The molecule has 0 bridgehead atoms. The summed E-state index contributed by atoms with van der Waals surface area (Å²) < 4.78 is 5.67. The highest BCUT2D eigenvalue weighted by Crippen LogP contribution is 2.32.